The molecule has 120 valence electrons. The van der Waals surface area contributed by atoms with Gasteiger partial charge < -0.3 is 14.6 Å². The van der Waals surface area contributed by atoms with Crippen LogP contribution >= 0.6 is 0 Å². The van der Waals surface area contributed by atoms with Crippen molar-refractivity contribution in [1.82, 2.24) is 9.78 Å². The van der Waals surface area contributed by atoms with Crippen LogP contribution in [0.25, 0.3) is 16.8 Å². The first-order valence-corrected chi connectivity index (χ1v) is 7.49. The van der Waals surface area contributed by atoms with Crippen LogP contribution in [-0.4, -0.2) is 34.1 Å². The van der Waals surface area contributed by atoms with E-state index in [2.05, 4.69) is 5.10 Å². The Kier molecular flexibility index (Phi) is 3.42. The summed E-state index contributed by atoms with van der Waals surface area (Å²) in [6.07, 6.45) is 3.56. The number of carboxylic acid groups (broad SMARTS) is 1. The number of fused-ring (bicyclic) bond motifs is 1. The molecule has 4 rings (SSSR count). The molecule has 2 aromatic carbocycles. The van der Waals surface area contributed by atoms with Gasteiger partial charge in [-0.25, -0.2) is 9.48 Å². The zero-order chi connectivity index (χ0) is 16.5. The lowest BCUT2D eigenvalue weighted by atomic mass is 10.1. The predicted molar refractivity (Wildman–Crippen MR) is 86.9 cm³/mol. The molecule has 0 saturated heterocycles. The Morgan fingerprint density at radius 1 is 1.04 bits per heavy atom. The Bertz CT molecular complexity index is 917. The van der Waals surface area contributed by atoms with Crippen LogP contribution in [0.5, 0.6) is 11.5 Å². The van der Waals surface area contributed by atoms with Crippen molar-refractivity contribution in [2.75, 3.05) is 13.2 Å². The van der Waals surface area contributed by atoms with E-state index >= 15 is 0 Å². The molecule has 1 N–H and O–H groups in total. The second-order valence-electron chi connectivity index (χ2n) is 5.39. The number of hydrogen-bond acceptors (Lipinski definition) is 4. The standard InChI is InChI=1S/C18H14N2O4/c21-18(22)13-3-1-2-12(8-13)14-10-19-20(11-14)15-4-5-16-17(9-15)24-7-6-23-16/h1-5,8-11H,6-7H2,(H,21,22). The smallest absolute Gasteiger partial charge is 0.335 e. The number of ether oxygens (including phenoxy) is 2. The molecule has 24 heavy (non-hydrogen) atoms. The molecule has 0 aliphatic carbocycles. The molecule has 0 atom stereocenters. The lowest BCUT2D eigenvalue weighted by Crippen LogP contribution is -2.15. The molecule has 1 aromatic heterocycles. The average Bonchev–Trinajstić information content (AvgIpc) is 3.11. The number of rotatable bonds is 3. The number of benzene rings is 2. The number of nitrogens with zero attached hydrogens (tertiary/aromatic N) is 2. The zero-order valence-electron chi connectivity index (χ0n) is 12.7. The highest BCUT2D eigenvalue weighted by atomic mass is 16.6. The third-order valence-corrected chi connectivity index (χ3v) is 3.82. The Labute approximate surface area is 137 Å². The maximum atomic E-state index is 11.1. The van der Waals surface area contributed by atoms with E-state index in [1.165, 1.54) is 0 Å². The minimum Gasteiger partial charge on any atom is -0.486 e. The van der Waals surface area contributed by atoms with Crippen LogP contribution < -0.4 is 9.47 Å². The molecular weight excluding hydrogens is 308 g/mol. The molecule has 0 fully saturated rings. The molecule has 0 saturated carbocycles. The normalized spacial score (nSPS) is 12.8. The fourth-order valence-electron chi connectivity index (χ4n) is 2.62. The summed E-state index contributed by atoms with van der Waals surface area (Å²) in [5.74, 6) is 0.478. The van der Waals surface area contributed by atoms with Gasteiger partial charge in [0.05, 0.1) is 17.4 Å². The van der Waals surface area contributed by atoms with Crippen LogP contribution in [0.15, 0.2) is 54.9 Å². The van der Waals surface area contributed by atoms with Gasteiger partial charge in [-0.15, -0.1) is 0 Å². The van der Waals surface area contributed by atoms with E-state index in [0.717, 1.165) is 22.6 Å². The fraction of sp³-hybridized carbons (Fsp3) is 0.111. The summed E-state index contributed by atoms with van der Waals surface area (Å²) in [5, 5.41) is 13.5. The molecule has 0 radical (unpaired) electrons. The SMILES string of the molecule is O=C(O)c1cccc(-c2cnn(-c3ccc4c(c3)OCCO4)c2)c1. The van der Waals surface area contributed by atoms with Crippen LogP contribution in [0.3, 0.4) is 0 Å². The first kappa shape index (κ1) is 14.3. The lowest BCUT2D eigenvalue weighted by molar-refractivity contribution is 0.0697. The summed E-state index contributed by atoms with van der Waals surface area (Å²) in [5.41, 5.74) is 2.74. The molecule has 1 aliphatic rings. The van der Waals surface area contributed by atoms with Gasteiger partial charge in [-0.1, -0.05) is 12.1 Å². The summed E-state index contributed by atoms with van der Waals surface area (Å²) in [6.45, 7) is 1.08. The molecule has 0 unspecified atom stereocenters. The van der Waals surface area contributed by atoms with Crippen molar-refractivity contribution >= 4 is 5.97 Å². The first-order valence-electron chi connectivity index (χ1n) is 7.49. The highest BCUT2D eigenvalue weighted by Gasteiger charge is 2.13. The van der Waals surface area contributed by atoms with Crippen LogP contribution in [0.4, 0.5) is 0 Å². The summed E-state index contributed by atoms with van der Waals surface area (Å²) in [7, 11) is 0. The van der Waals surface area contributed by atoms with Gasteiger partial charge in [0.1, 0.15) is 13.2 Å². The van der Waals surface area contributed by atoms with Gasteiger partial charge in [0.2, 0.25) is 0 Å². The van der Waals surface area contributed by atoms with Crippen LogP contribution in [-0.2, 0) is 0 Å². The lowest BCUT2D eigenvalue weighted by Gasteiger charge is -2.18. The van der Waals surface area contributed by atoms with Gasteiger partial charge in [0.15, 0.2) is 11.5 Å². The van der Waals surface area contributed by atoms with Crippen LogP contribution in [0, 0.1) is 0 Å². The highest BCUT2D eigenvalue weighted by Crippen LogP contribution is 2.32. The van der Waals surface area contributed by atoms with Gasteiger partial charge in [-0.3, -0.25) is 0 Å². The molecule has 6 nitrogen and oxygen atoms in total. The largest absolute Gasteiger partial charge is 0.486 e. The summed E-state index contributed by atoms with van der Waals surface area (Å²) in [6, 6.07) is 12.4. The average molecular weight is 322 g/mol. The Morgan fingerprint density at radius 3 is 2.71 bits per heavy atom. The molecule has 0 bridgehead atoms. The van der Waals surface area contributed by atoms with E-state index < -0.39 is 5.97 Å². The van der Waals surface area contributed by atoms with Gasteiger partial charge in [-0.2, -0.15) is 5.10 Å². The predicted octanol–water partition coefficient (Wildman–Crippen LogP) is 3.01. The Morgan fingerprint density at radius 2 is 1.88 bits per heavy atom. The van der Waals surface area contributed by atoms with E-state index in [4.69, 9.17) is 14.6 Å². The van der Waals surface area contributed by atoms with Crippen molar-refractivity contribution in [3.63, 3.8) is 0 Å². The first-order chi connectivity index (χ1) is 11.7. The summed E-state index contributed by atoms with van der Waals surface area (Å²) >= 11 is 0. The van der Waals surface area contributed by atoms with Crippen molar-refractivity contribution in [3.8, 4) is 28.3 Å². The third kappa shape index (κ3) is 2.58. The van der Waals surface area contributed by atoms with Gasteiger partial charge in [0, 0.05) is 17.8 Å². The van der Waals surface area contributed by atoms with Crippen LogP contribution in [0.2, 0.25) is 0 Å². The van der Waals surface area contributed by atoms with Crippen molar-refractivity contribution in [2.24, 2.45) is 0 Å². The maximum Gasteiger partial charge on any atom is 0.335 e. The monoisotopic (exact) mass is 322 g/mol. The van der Waals surface area contributed by atoms with Gasteiger partial charge in [-0.05, 0) is 29.8 Å². The number of hydrogen-bond donors (Lipinski definition) is 1. The molecule has 0 amide bonds. The van der Waals surface area contributed by atoms with E-state index in [0.29, 0.717) is 19.0 Å². The second-order valence-corrected chi connectivity index (χ2v) is 5.39. The van der Waals surface area contributed by atoms with Crippen molar-refractivity contribution < 1.29 is 19.4 Å². The van der Waals surface area contributed by atoms with E-state index in [-0.39, 0.29) is 5.56 Å². The summed E-state index contributed by atoms with van der Waals surface area (Å²) in [4.78, 5) is 11.1. The van der Waals surface area contributed by atoms with E-state index in [1.807, 2.05) is 30.5 Å². The molecule has 0 spiro atoms. The molecule has 3 aromatic rings. The van der Waals surface area contributed by atoms with E-state index in [9.17, 15) is 4.79 Å². The van der Waals surface area contributed by atoms with Crippen molar-refractivity contribution in [2.45, 2.75) is 0 Å². The second kappa shape index (κ2) is 5.73. The minimum atomic E-state index is -0.948. The van der Waals surface area contributed by atoms with Gasteiger partial charge in [0.25, 0.3) is 0 Å². The zero-order valence-corrected chi connectivity index (χ0v) is 12.7. The number of carbonyl (C=O) groups is 1. The third-order valence-electron chi connectivity index (χ3n) is 3.82. The Balaban J connectivity index is 1.68. The minimum absolute atomic E-state index is 0.250. The fourth-order valence-corrected chi connectivity index (χ4v) is 2.62. The molecule has 1 aliphatic heterocycles. The van der Waals surface area contributed by atoms with Crippen molar-refractivity contribution in [3.05, 3.63) is 60.4 Å². The maximum absolute atomic E-state index is 11.1. The summed E-state index contributed by atoms with van der Waals surface area (Å²) < 4.78 is 12.8. The van der Waals surface area contributed by atoms with Crippen LogP contribution in [0.1, 0.15) is 10.4 Å². The highest BCUT2D eigenvalue weighted by molar-refractivity contribution is 5.89. The quantitative estimate of drug-likeness (QED) is 0.802. The Hall–Kier alpha value is -3.28. The number of aromatic carboxylic acids is 1. The molecule has 2 heterocycles. The molecular formula is C18H14N2O4. The van der Waals surface area contributed by atoms with Gasteiger partial charge >= 0.3 is 5.97 Å². The topological polar surface area (TPSA) is 73.6 Å². The number of aromatic nitrogens is 2. The van der Waals surface area contributed by atoms with Crippen molar-refractivity contribution in [1.29, 1.82) is 0 Å². The number of carboxylic acids is 1. The molecule has 6 heteroatoms. The van der Waals surface area contributed by atoms with E-state index in [1.54, 1.807) is 29.1 Å².